The molecule has 138 valence electrons. The zero-order valence-electron chi connectivity index (χ0n) is 15.1. The van der Waals surface area contributed by atoms with Gasteiger partial charge in [0, 0.05) is 50.2 Å². The summed E-state index contributed by atoms with van der Waals surface area (Å²) in [6.07, 6.45) is 0.923. The molecule has 0 aromatic heterocycles. The first-order valence-corrected chi connectivity index (χ1v) is 8.86. The monoisotopic (exact) mass is 352 g/mol. The minimum absolute atomic E-state index is 0.0359. The van der Waals surface area contributed by atoms with Crippen LogP contribution in [-0.2, 0) is 4.74 Å². The van der Waals surface area contributed by atoms with Crippen molar-refractivity contribution in [2.45, 2.75) is 20.3 Å². The Bertz CT molecular complexity index is 667. The maximum atomic E-state index is 13.6. The predicted molar refractivity (Wildman–Crippen MR) is 91.5 cm³/mol. The molecule has 4 nitrogen and oxygen atoms in total. The zero-order valence-corrected chi connectivity index (χ0v) is 15.1. The van der Waals surface area contributed by atoms with Crippen molar-refractivity contribution in [3.63, 3.8) is 0 Å². The molecule has 2 fully saturated rings. The van der Waals surface area contributed by atoms with Crippen molar-refractivity contribution in [1.29, 1.82) is 0 Å². The maximum absolute atomic E-state index is 13.6. The van der Waals surface area contributed by atoms with Gasteiger partial charge in [-0.25, -0.2) is 8.78 Å². The third-order valence-electron chi connectivity index (χ3n) is 5.87. The van der Waals surface area contributed by atoms with Gasteiger partial charge in [0.15, 0.2) is 11.6 Å². The van der Waals surface area contributed by atoms with Gasteiger partial charge in [-0.05, 0) is 37.6 Å². The van der Waals surface area contributed by atoms with E-state index in [0.717, 1.165) is 38.2 Å². The normalized spacial score (nSPS) is 26.8. The molecule has 1 spiro atoms. The summed E-state index contributed by atoms with van der Waals surface area (Å²) in [5.41, 5.74) is 0.762. The highest BCUT2D eigenvalue weighted by Crippen LogP contribution is 2.44. The molecule has 25 heavy (non-hydrogen) atoms. The molecule has 0 aliphatic carbocycles. The van der Waals surface area contributed by atoms with E-state index in [-0.39, 0.29) is 16.9 Å². The molecule has 2 heterocycles. The van der Waals surface area contributed by atoms with Crippen LogP contribution in [0.25, 0.3) is 0 Å². The van der Waals surface area contributed by atoms with E-state index in [1.165, 1.54) is 0 Å². The van der Waals surface area contributed by atoms with Crippen LogP contribution in [0.3, 0.4) is 0 Å². The van der Waals surface area contributed by atoms with E-state index >= 15 is 0 Å². The van der Waals surface area contributed by atoms with Crippen LogP contribution in [-0.4, -0.2) is 62.1 Å². The third kappa shape index (κ3) is 3.29. The number of hydrogen-bond acceptors (Lipinski definition) is 3. The quantitative estimate of drug-likeness (QED) is 0.835. The number of nitrogens with zero attached hydrogens (tertiary/aromatic N) is 2. The number of benzene rings is 1. The fourth-order valence-electron chi connectivity index (χ4n) is 4.39. The van der Waals surface area contributed by atoms with Crippen molar-refractivity contribution >= 4 is 5.91 Å². The number of likely N-dealkylation sites (tertiary alicyclic amines) is 2. The lowest BCUT2D eigenvalue weighted by Crippen LogP contribution is -2.38. The van der Waals surface area contributed by atoms with Crippen LogP contribution in [0.2, 0.25) is 0 Å². The number of amides is 1. The molecule has 0 unspecified atom stereocenters. The number of rotatable bonds is 4. The van der Waals surface area contributed by atoms with Crippen molar-refractivity contribution in [3.8, 4) is 0 Å². The van der Waals surface area contributed by atoms with Crippen LogP contribution >= 0.6 is 0 Å². The molecule has 3 rings (SSSR count). The Balaban J connectivity index is 1.80. The van der Waals surface area contributed by atoms with Crippen LogP contribution in [0.1, 0.15) is 29.3 Å². The van der Waals surface area contributed by atoms with Crippen molar-refractivity contribution in [2.24, 2.45) is 11.3 Å². The summed E-state index contributed by atoms with van der Waals surface area (Å²) < 4.78 is 32.3. The van der Waals surface area contributed by atoms with Crippen LogP contribution < -0.4 is 0 Å². The number of halogens is 2. The number of carbonyl (C=O) groups is 1. The molecule has 2 aliphatic heterocycles. The molecular formula is C19H26F2N2O2. The standard InChI is InChI=1S/C19H26F2N2O2/c1-4-22-9-14(10-25-3)19(11-22)5-6-23(12-19)18(24)15-8-17(21)16(20)7-13(15)2/h7-8,14H,4-6,9-12H2,1-3H3/t14-,19-/m0/s1. The second-order valence-corrected chi connectivity index (χ2v) is 7.40. The van der Waals surface area contributed by atoms with Gasteiger partial charge in [-0.15, -0.1) is 0 Å². The summed E-state index contributed by atoms with van der Waals surface area (Å²) in [6.45, 7) is 8.69. The van der Waals surface area contributed by atoms with Crippen LogP contribution in [0.15, 0.2) is 12.1 Å². The lowest BCUT2D eigenvalue weighted by Gasteiger charge is -2.30. The van der Waals surface area contributed by atoms with E-state index < -0.39 is 11.6 Å². The maximum Gasteiger partial charge on any atom is 0.254 e. The molecule has 0 saturated carbocycles. The van der Waals surface area contributed by atoms with E-state index in [9.17, 15) is 13.6 Å². The molecule has 2 atom stereocenters. The van der Waals surface area contributed by atoms with E-state index in [1.54, 1.807) is 18.9 Å². The summed E-state index contributed by atoms with van der Waals surface area (Å²) in [6, 6.07) is 2.12. The zero-order chi connectivity index (χ0) is 18.2. The van der Waals surface area contributed by atoms with Gasteiger partial charge in [-0.2, -0.15) is 0 Å². The second-order valence-electron chi connectivity index (χ2n) is 7.40. The Morgan fingerprint density at radius 3 is 2.72 bits per heavy atom. The van der Waals surface area contributed by atoms with Gasteiger partial charge >= 0.3 is 0 Å². The lowest BCUT2D eigenvalue weighted by molar-refractivity contribution is 0.0715. The molecule has 2 saturated heterocycles. The van der Waals surface area contributed by atoms with Gasteiger partial charge < -0.3 is 14.5 Å². The predicted octanol–water partition coefficient (Wildman–Crippen LogP) is 2.70. The SMILES string of the molecule is CCN1C[C@@H](COC)[C@@]2(CCN(C(=O)c3cc(F)c(F)cc3C)C2)C1. The van der Waals surface area contributed by atoms with Gasteiger partial charge in [0.25, 0.3) is 5.91 Å². The number of methoxy groups -OCH3 is 1. The topological polar surface area (TPSA) is 32.8 Å². The fourth-order valence-corrected chi connectivity index (χ4v) is 4.39. The highest BCUT2D eigenvalue weighted by atomic mass is 19.2. The molecular weight excluding hydrogens is 326 g/mol. The average molecular weight is 352 g/mol. The number of aryl methyl sites for hydroxylation is 1. The molecule has 0 radical (unpaired) electrons. The first-order chi connectivity index (χ1) is 11.9. The highest BCUT2D eigenvalue weighted by molar-refractivity contribution is 5.95. The smallest absolute Gasteiger partial charge is 0.254 e. The first-order valence-electron chi connectivity index (χ1n) is 8.86. The van der Waals surface area contributed by atoms with Crippen molar-refractivity contribution in [3.05, 3.63) is 34.9 Å². The lowest BCUT2D eigenvalue weighted by atomic mass is 9.77. The highest BCUT2D eigenvalue weighted by Gasteiger charge is 2.50. The van der Waals surface area contributed by atoms with E-state index in [0.29, 0.717) is 31.2 Å². The molecule has 1 aromatic carbocycles. The van der Waals surface area contributed by atoms with Gasteiger partial charge in [0.2, 0.25) is 0 Å². The molecule has 1 aromatic rings. The van der Waals surface area contributed by atoms with E-state index in [2.05, 4.69) is 11.8 Å². The minimum atomic E-state index is -0.974. The summed E-state index contributed by atoms with van der Waals surface area (Å²) in [5.74, 6) is -1.71. The van der Waals surface area contributed by atoms with Crippen LogP contribution in [0.4, 0.5) is 8.78 Å². The number of hydrogen-bond donors (Lipinski definition) is 0. The largest absolute Gasteiger partial charge is 0.384 e. The molecule has 6 heteroatoms. The number of ether oxygens (including phenoxy) is 1. The van der Waals surface area contributed by atoms with Crippen molar-refractivity contribution in [1.82, 2.24) is 9.80 Å². The second kappa shape index (κ2) is 7.00. The average Bonchev–Trinajstić information content (AvgIpc) is 3.16. The Kier molecular flexibility index (Phi) is 5.11. The van der Waals surface area contributed by atoms with Gasteiger partial charge in [-0.1, -0.05) is 6.92 Å². The van der Waals surface area contributed by atoms with Crippen molar-refractivity contribution in [2.75, 3.05) is 46.4 Å². The van der Waals surface area contributed by atoms with Crippen LogP contribution in [0, 0.1) is 29.9 Å². The Labute approximate surface area is 147 Å². The van der Waals surface area contributed by atoms with Crippen molar-refractivity contribution < 1.29 is 18.3 Å². The Hall–Kier alpha value is -1.53. The van der Waals surface area contributed by atoms with E-state index in [4.69, 9.17) is 4.74 Å². The van der Waals surface area contributed by atoms with E-state index in [1.807, 2.05) is 0 Å². The summed E-state index contributed by atoms with van der Waals surface area (Å²) >= 11 is 0. The first kappa shape index (κ1) is 18.3. The summed E-state index contributed by atoms with van der Waals surface area (Å²) in [5, 5.41) is 0. The fraction of sp³-hybridized carbons (Fsp3) is 0.632. The molecule has 2 aliphatic rings. The molecule has 0 N–H and O–H groups in total. The Morgan fingerprint density at radius 1 is 1.32 bits per heavy atom. The number of carbonyl (C=O) groups excluding carboxylic acids is 1. The molecule has 0 bridgehead atoms. The molecule has 1 amide bonds. The van der Waals surface area contributed by atoms with Gasteiger partial charge in [0.1, 0.15) is 0 Å². The van der Waals surface area contributed by atoms with Gasteiger partial charge in [-0.3, -0.25) is 4.79 Å². The Morgan fingerprint density at radius 2 is 2.04 bits per heavy atom. The van der Waals surface area contributed by atoms with Gasteiger partial charge in [0.05, 0.1) is 6.61 Å². The minimum Gasteiger partial charge on any atom is -0.384 e. The summed E-state index contributed by atoms with van der Waals surface area (Å²) in [7, 11) is 1.71. The van der Waals surface area contributed by atoms with Crippen LogP contribution in [0.5, 0.6) is 0 Å². The third-order valence-corrected chi connectivity index (χ3v) is 5.87. The summed E-state index contributed by atoms with van der Waals surface area (Å²) in [4.78, 5) is 17.1.